The Kier molecular flexibility index (Phi) is 6.17. The van der Waals surface area contributed by atoms with Crippen LogP contribution >= 0.6 is 11.6 Å². The van der Waals surface area contributed by atoms with Gasteiger partial charge in [-0.2, -0.15) is 5.10 Å². The first kappa shape index (κ1) is 21.4. The van der Waals surface area contributed by atoms with Gasteiger partial charge >= 0.3 is 5.97 Å². The molecule has 156 valence electrons. The molecule has 1 N–H and O–H groups in total. The summed E-state index contributed by atoms with van der Waals surface area (Å²) in [7, 11) is 1.07. The van der Waals surface area contributed by atoms with E-state index in [-0.39, 0.29) is 17.2 Å². The molecule has 0 aliphatic carbocycles. The van der Waals surface area contributed by atoms with Crippen LogP contribution in [0.2, 0.25) is 5.02 Å². The molecular formula is C21H18ClF2N3O3. The zero-order chi connectivity index (χ0) is 22.0. The molecule has 0 radical (unpaired) electrons. The summed E-state index contributed by atoms with van der Waals surface area (Å²) in [6.07, 6.45) is 1.36. The second-order valence-electron chi connectivity index (χ2n) is 6.75. The van der Waals surface area contributed by atoms with Crippen LogP contribution in [0.5, 0.6) is 0 Å². The molecule has 0 spiro atoms. The molecule has 2 aromatic carbocycles. The first-order valence-corrected chi connectivity index (χ1v) is 9.33. The fourth-order valence-electron chi connectivity index (χ4n) is 3.00. The summed E-state index contributed by atoms with van der Waals surface area (Å²) in [6, 6.07) is 8.36. The van der Waals surface area contributed by atoms with Crippen LogP contribution in [-0.2, 0) is 4.74 Å². The highest BCUT2D eigenvalue weighted by atomic mass is 35.5. The van der Waals surface area contributed by atoms with Gasteiger partial charge in [-0.15, -0.1) is 0 Å². The molecular weight excluding hydrogens is 416 g/mol. The SMILES string of the molecule is COC(=O)c1cc(NC(=O)c2cnn(-c3cccc(Cl)c3)c2C(C)C)c(F)cc1F. The van der Waals surface area contributed by atoms with Gasteiger partial charge < -0.3 is 10.1 Å². The summed E-state index contributed by atoms with van der Waals surface area (Å²) >= 11 is 6.06. The number of ether oxygens (including phenoxy) is 1. The van der Waals surface area contributed by atoms with Gasteiger partial charge in [0.15, 0.2) is 0 Å². The topological polar surface area (TPSA) is 73.2 Å². The summed E-state index contributed by atoms with van der Waals surface area (Å²) in [5.74, 6) is -3.88. The number of hydrogen-bond donors (Lipinski definition) is 1. The van der Waals surface area contributed by atoms with Crippen molar-refractivity contribution in [1.82, 2.24) is 9.78 Å². The number of halogens is 3. The van der Waals surface area contributed by atoms with Crippen LogP contribution in [0.1, 0.15) is 46.2 Å². The highest BCUT2D eigenvalue weighted by Crippen LogP contribution is 2.26. The second-order valence-corrected chi connectivity index (χ2v) is 7.18. The minimum absolute atomic E-state index is 0.115. The van der Waals surface area contributed by atoms with Gasteiger partial charge in [0, 0.05) is 11.1 Å². The van der Waals surface area contributed by atoms with E-state index in [4.69, 9.17) is 11.6 Å². The van der Waals surface area contributed by atoms with Gasteiger partial charge in [0.05, 0.1) is 41.5 Å². The third-order valence-electron chi connectivity index (χ3n) is 4.36. The number of benzene rings is 2. The fraction of sp³-hybridized carbons (Fsp3) is 0.190. The van der Waals surface area contributed by atoms with Gasteiger partial charge in [-0.3, -0.25) is 4.79 Å². The third-order valence-corrected chi connectivity index (χ3v) is 4.60. The highest BCUT2D eigenvalue weighted by Gasteiger charge is 2.23. The van der Waals surface area contributed by atoms with Crippen molar-refractivity contribution in [2.75, 3.05) is 12.4 Å². The van der Waals surface area contributed by atoms with E-state index in [1.165, 1.54) is 6.20 Å². The number of carbonyl (C=O) groups is 2. The van der Waals surface area contributed by atoms with E-state index in [1.54, 1.807) is 28.9 Å². The summed E-state index contributed by atoms with van der Waals surface area (Å²) in [5, 5.41) is 7.16. The number of nitrogens with one attached hydrogen (secondary N) is 1. The molecule has 0 saturated carbocycles. The first-order valence-electron chi connectivity index (χ1n) is 8.95. The normalized spacial score (nSPS) is 10.9. The lowest BCUT2D eigenvalue weighted by molar-refractivity contribution is 0.0595. The maximum Gasteiger partial charge on any atom is 0.340 e. The predicted molar refractivity (Wildman–Crippen MR) is 108 cm³/mol. The third kappa shape index (κ3) is 4.18. The molecule has 0 aliphatic rings. The number of methoxy groups -OCH3 is 1. The van der Waals surface area contributed by atoms with Crippen molar-refractivity contribution >= 4 is 29.2 Å². The Morgan fingerprint density at radius 3 is 2.50 bits per heavy atom. The minimum Gasteiger partial charge on any atom is -0.465 e. The molecule has 0 bridgehead atoms. The summed E-state index contributed by atoms with van der Waals surface area (Å²) < 4.78 is 34.1. The zero-order valence-corrected chi connectivity index (χ0v) is 17.1. The molecule has 0 saturated heterocycles. The quantitative estimate of drug-likeness (QED) is 0.577. The van der Waals surface area contributed by atoms with E-state index in [0.29, 0.717) is 22.5 Å². The Morgan fingerprint density at radius 1 is 1.13 bits per heavy atom. The molecule has 3 aromatic rings. The van der Waals surface area contributed by atoms with E-state index >= 15 is 0 Å². The maximum absolute atomic E-state index is 14.2. The molecule has 1 amide bonds. The molecule has 0 fully saturated rings. The van der Waals surface area contributed by atoms with Crippen molar-refractivity contribution in [1.29, 1.82) is 0 Å². The minimum atomic E-state index is -1.09. The predicted octanol–water partition coefficient (Wildman–Crippen LogP) is 4.97. The number of rotatable bonds is 5. The van der Waals surface area contributed by atoms with Gasteiger partial charge in [0.2, 0.25) is 0 Å². The molecule has 3 rings (SSSR count). The number of nitrogens with zero attached hydrogens (tertiary/aromatic N) is 2. The molecule has 0 atom stereocenters. The molecule has 0 aliphatic heterocycles. The number of amides is 1. The molecule has 9 heteroatoms. The Labute approximate surface area is 176 Å². The van der Waals surface area contributed by atoms with Crippen LogP contribution in [0.4, 0.5) is 14.5 Å². The van der Waals surface area contributed by atoms with E-state index < -0.39 is 29.1 Å². The van der Waals surface area contributed by atoms with E-state index in [9.17, 15) is 18.4 Å². The van der Waals surface area contributed by atoms with Gasteiger partial charge in [-0.25, -0.2) is 18.3 Å². The standard InChI is InChI=1S/C21H18ClF2N3O3/c1-11(2)19-15(10-25-27(19)13-6-4-5-12(22)7-13)20(28)26-18-8-14(21(29)30-3)16(23)9-17(18)24/h4-11H,1-3H3,(H,26,28). The van der Waals surface area contributed by atoms with Crippen molar-refractivity contribution < 1.29 is 23.1 Å². The average Bonchev–Trinajstić information content (AvgIpc) is 3.15. The Hall–Kier alpha value is -3.26. The van der Waals surface area contributed by atoms with Crippen molar-refractivity contribution in [2.45, 2.75) is 19.8 Å². The average molecular weight is 434 g/mol. The number of esters is 1. The fourth-order valence-corrected chi connectivity index (χ4v) is 3.19. The van der Waals surface area contributed by atoms with Gasteiger partial charge in [0.1, 0.15) is 11.6 Å². The highest BCUT2D eigenvalue weighted by molar-refractivity contribution is 6.30. The molecule has 6 nitrogen and oxygen atoms in total. The van der Waals surface area contributed by atoms with Crippen LogP contribution < -0.4 is 5.32 Å². The summed E-state index contributed by atoms with van der Waals surface area (Å²) in [5.41, 5.74) is 0.588. The van der Waals surface area contributed by atoms with Crippen LogP contribution in [0.3, 0.4) is 0 Å². The number of aromatic nitrogens is 2. The van der Waals surface area contributed by atoms with Crippen LogP contribution in [0.25, 0.3) is 5.69 Å². The smallest absolute Gasteiger partial charge is 0.340 e. The number of carbonyl (C=O) groups excluding carboxylic acids is 2. The van der Waals surface area contributed by atoms with Gasteiger partial charge in [-0.05, 0) is 30.2 Å². The Balaban J connectivity index is 2.00. The Morgan fingerprint density at radius 2 is 1.87 bits per heavy atom. The van der Waals surface area contributed by atoms with Crippen LogP contribution in [0, 0.1) is 11.6 Å². The summed E-state index contributed by atoms with van der Waals surface area (Å²) in [6.45, 7) is 3.76. The second kappa shape index (κ2) is 8.62. The van der Waals surface area contributed by atoms with Gasteiger partial charge in [0.25, 0.3) is 5.91 Å². The zero-order valence-electron chi connectivity index (χ0n) is 16.4. The molecule has 1 heterocycles. The Bertz CT molecular complexity index is 1130. The van der Waals surface area contributed by atoms with E-state index in [0.717, 1.165) is 13.2 Å². The van der Waals surface area contributed by atoms with E-state index in [2.05, 4.69) is 15.2 Å². The van der Waals surface area contributed by atoms with Crippen LogP contribution in [0.15, 0.2) is 42.6 Å². The van der Waals surface area contributed by atoms with Crippen LogP contribution in [-0.4, -0.2) is 28.8 Å². The maximum atomic E-state index is 14.2. The lowest BCUT2D eigenvalue weighted by Gasteiger charge is -2.14. The number of anilines is 1. The molecule has 0 unspecified atom stereocenters. The largest absolute Gasteiger partial charge is 0.465 e. The molecule has 30 heavy (non-hydrogen) atoms. The van der Waals surface area contributed by atoms with Crippen molar-refractivity contribution in [3.8, 4) is 5.69 Å². The van der Waals surface area contributed by atoms with Gasteiger partial charge in [-0.1, -0.05) is 31.5 Å². The monoisotopic (exact) mass is 433 g/mol. The van der Waals surface area contributed by atoms with E-state index in [1.807, 2.05) is 13.8 Å². The lowest BCUT2D eigenvalue weighted by Crippen LogP contribution is -2.17. The summed E-state index contributed by atoms with van der Waals surface area (Å²) in [4.78, 5) is 24.5. The first-order chi connectivity index (χ1) is 14.2. The van der Waals surface area contributed by atoms with Crippen molar-refractivity contribution in [2.24, 2.45) is 0 Å². The lowest BCUT2D eigenvalue weighted by atomic mass is 10.0. The van der Waals surface area contributed by atoms with Crippen molar-refractivity contribution in [3.63, 3.8) is 0 Å². The molecule has 1 aromatic heterocycles. The van der Waals surface area contributed by atoms with Crippen molar-refractivity contribution in [3.05, 3.63) is 76.1 Å². The number of hydrogen-bond acceptors (Lipinski definition) is 4.